The zero-order chi connectivity index (χ0) is 12.5. The first-order valence-electron chi connectivity index (χ1n) is 5.78. The van der Waals surface area contributed by atoms with Crippen molar-refractivity contribution in [2.75, 3.05) is 11.9 Å². The average Bonchev–Trinajstić information content (AvgIpc) is 2.73. The summed E-state index contributed by atoms with van der Waals surface area (Å²) in [5.41, 5.74) is 0.693. The van der Waals surface area contributed by atoms with Gasteiger partial charge in [0.25, 0.3) is 0 Å². The van der Waals surface area contributed by atoms with E-state index in [2.05, 4.69) is 20.7 Å². The van der Waals surface area contributed by atoms with Crippen LogP contribution in [0.3, 0.4) is 0 Å². The molecular weight excluding hydrogens is 254 g/mol. The molecule has 1 aliphatic rings. The lowest BCUT2D eigenvalue weighted by molar-refractivity contribution is -0.123. The Hall–Kier alpha value is -1.82. The molecule has 1 atom stereocenters. The highest BCUT2D eigenvalue weighted by molar-refractivity contribution is 6.30. The summed E-state index contributed by atoms with van der Waals surface area (Å²) in [7, 11) is 0. The van der Waals surface area contributed by atoms with Crippen LogP contribution in [0.2, 0.25) is 5.02 Å². The number of anilines is 1. The van der Waals surface area contributed by atoms with Crippen LogP contribution in [-0.4, -0.2) is 33.1 Å². The molecule has 6 nitrogen and oxygen atoms in total. The van der Waals surface area contributed by atoms with Crippen LogP contribution in [0.4, 0.5) is 5.95 Å². The van der Waals surface area contributed by atoms with Crippen LogP contribution >= 0.6 is 11.6 Å². The third-order valence-electron chi connectivity index (χ3n) is 2.88. The highest BCUT2D eigenvalue weighted by atomic mass is 35.5. The number of nitrogens with zero attached hydrogens (tertiary/aromatic N) is 3. The Kier molecular flexibility index (Phi) is 2.79. The molecule has 7 heteroatoms. The van der Waals surface area contributed by atoms with Crippen molar-refractivity contribution in [3.63, 3.8) is 0 Å². The van der Waals surface area contributed by atoms with Crippen LogP contribution in [0.1, 0.15) is 12.8 Å². The number of amides is 1. The van der Waals surface area contributed by atoms with E-state index in [-0.39, 0.29) is 11.9 Å². The molecule has 94 valence electrons. The zero-order valence-corrected chi connectivity index (χ0v) is 10.3. The predicted molar refractivity (Wildman–Crippen MR) is 67.7 cm³/mol. The van der Waals surface area contributed by atoms with Crippen molar-refractivity contribution in [1.29, 1.82) is 0 Å². The minimum Gasteiger partial charge on any atom is -0.354 e. The van der Waals surface area contributed by atoms with E-state index in [9.17, 15) is 4.79 Å². The minimum atomic E-state index is -0.258. The summed E-state index contributed by atoms with van der Waals surface area (Å²) in [5, 5.41) is 10.7. The van der Waals surface area contributed by atoms with Crippen LogP contribution in [0.25, 0.3) is 5.65 Å². The fourth-order valence-electron chi connectivity index (χ4n) is 1.98. The topological polar surface area (TPSA) is 71.3 Å². The Balaban J connectivity index is 1.84. The van der Waals surface area contributed by atoms with Crippen LogP contribution in [0, 0.1) is 0 Å². The van der Waals surface area contributed by atoms with Crippen LogP contribution in [-0.2, 0) is 4.79 Å². The summed E-state index contributed by atoms with van der Waals surface area (Å²) in [6, 6.07) is 3.27. The molecule has 0 bridgehead atoms. The number of hydrogen-bond donors (Lipinski definition) is 2. The number of rotatable bonds is 2. The molecule has 3 heterocycles. The van der Waals surface area contributed by atoms with Crippen molar-refractivity contribution in [3.8, 4) is 0 Å². The molecular formula is C11H12ClN5O. The highest BCUT2D eigenvalue weighted by Gasteiger charge is 2.22. The van der Waals surface area contributed by atoms with Crippen LogP contribution < -0.4 is 10.6 Å². The third kappa shape index (κ3) is 2.11. The van der Waals surface area contributed by atoms with Gasteiger partial charge in [0.2, 0.25) is 11.9 Å². The molecule has 1 unspecified atom stereocenters. The first-order chi connectivity index (χ1) is 8.72. The van der Waals surface area contributed by atoms with Crippen LogP contribution in [0.15, 0.2) is 18.3 Å². The molecule has 0 aromatic carbocycles. The molecule has 0 spiro atoms. The molecule has 2 N–H and O–H groups in total. The number of fused-ring (bicyclic) bond motifs is 1. The smallest absolute Gasteiger partial charge is 0.243 e. The standard InChI is InChI=1S/C11H12ClN5O/c12-7-3-4-9-15-11(16-17(9)6-7)14-8-2-1-5-13-10(8)18/h3-4,6,8H,1-2,5H2,(H,13,18)(H,14,16). The Morgan fingerprint density at radius 2 is 2.39 bits per heavy atom. The first kappa shape index (κ1) is 11.3. The summed E-state index contributed by atoms with van der Waals surface area (Å²) < 4.78 is 1.59. The predicted octanol–water partition coefficient (Wildman–Crippen LogP) is 1.07. The van der Waals surface area contributed by atoms with E-state index in [1.165, 1.54) is 0 Å². The second-order valence-corrected chi connectivity index (χ2v) is 4.65. The Bertz CT molecular complexity index is 596. The van der Waals surface area contributed by atoms with Crippen molar-refractivity contribution in [3.05, 3.63) is 23.4 Å². The van der Waals surface area contributed by atoms with Gasteiger partial charge in [-0.3, -0.25) is 4.79 Å². The lowest BCUT2D eigenvalue weighted by atomic mass is 10.1. The lowest BCUT2D eigenvalue weighted by Crippen LogP contribution is -2.44. The second-order valence-electron chi connectivity index (χ2n) is 4.22. The molecule has 2 aromatic rings. The maximum atomic E-state index is 11.6. The van der Waals surface area contributed by atoms with Crippen molar-refractivity contribution >= 4 is 29.1 Å². The van der Waals surface area contributed by atoms with Gasteiger partial charge >= 0.3 is 0 Å². The number of piperidine rings is 1. The fraction of sp³-hybridized carbons (Fsp3) is 0.364. The van der Waals surface area contributed by atoms with E-state index in [0.717, 1.165) is 19.4 Å². The number of nitrogens with one attached hydrogen (secondary N) is 2. The molecule has 3 rings (SSSR count). The van der Waals surface area contributed by atoms with Gasteiger partial charge < -0.3 is 10.6 Å². The number of hydrogen-bond acceptors (Lipinski definition) is 4. The summed E-state index contributed by atoms with van der Waals surface area (Å²) in [6.07, 6.45) is 3.43. The number of carbonyl (C=O) groups excluding carboxylic acids is 1. The summed E-state index contributed by atoms with van der Waals surface area (Å²) in [5.74, 6) is 0.442. The normalized spacial score (nSPS) is 19.8. The van der Waals surface area contributed by atoms with Crippen molar-refractivity contribution in [2.24, 2.45) is 0 Å². The maximum absolute atomic E-state index is 11.6. The molecule has 1 aliphatic heterocycles. The van der Waals surface area contributed by atoms with Gasteiger partial charge in [0.1, 0.15) is 6.04 Å². The monoisotopic (exact) mass is 265 g/mol. The number of pyridine rings is 1. The van der Waals surface area contributed by atoms with E-state index >= 15 is 0 Å². The Morgan fingerprint density at radius 3 is 3.22 bits per heavy atom. The zero-order valence-electron chi connectivity index (χ0n) is 9.56. The summed E-state index contributed by atoms with van der Waals surface area (Å²) in [6.45, 7) is 0.741. The van der Waals surface area contributed by atoms with Crippen LogP contribution in [0.5, 0.6) is 0 Å². The first-order valence-corrected chi connectivity index (χ1v) is 6.16. The van der Waals surface area contributed by atoms with Crippen molar-refractivity contribution < 1.29 is 4.79 Å². The van der Waals surface area contributed by atoms with Gasteiger partial charge in [-0.2, -0.15) is 4.98 Å². The molecule has 0 aliphatic carbocycles. The highest BCUT2D eigenvalue weighted by Crippen LogP contribution is 2.13. The third-order valence-corrected chi connectivity index (χ3v) is 3.11. The van der Waals surface area contributed by atoms with Gasteiger partial charge in [0.15, 0.2) is 5.65 Å². The lowest BCUT2D eigenvalue weighted by Gasteiger charge is -2.21. The van der Waals surface area contributed by atoms with E-state index in [4.69, 9.17) is 11.6 Å². The van der Waals surface area contributed by atoms with Gasteiger partial charge in [0.05, 0.1) is 5.02 Å². The van der Waals surface area contributed by atoms with Gasteiger partial charge in [-0.25, -0.2) is 4.52 Å². The van der Waals surface area contributed by atoms with E-state index in [1.54, 1.807) is 22.8 Å². The van der Waals surface area contributed by atoms with Gasteiger partial charge in [0, 0.05) is 12.7 Å². The molecule has 1 fully saturated rings. The van der Waals surface area contributed by atoms with Gasteiger partial charge in [-0.15, -0.1) is 5.10 Å². The Labute approximate surface area is 108 Å². The van der Waals surface area contributed by atoms with Crippen molar-refractivity contribution in [2.45, 2.75) is 18.9 Å². The number of carbonyl (C=O) groups is 1. The molecule has 1 amide bonds. The largest absolute Gasteiger partial charge is 0.354 e. The molecule has 0 saturated carbocycles. The average molecular weight is 266 g/mol. The van der Waals surface area contributed by atoms with Gasteiger partial charge in [-0.1, -0.05) is 11.6 Å². The van der Waals surface area contributed by atoms with E-state index in [1.807, 2.05) is 0 Å². The second kappa shape index (κ2) is 4.45. The fourth-order valence-corrected chi connectivity index (χ4v) is 2.14. The summed E-state index contributed by atoms with van der Waals surface area (Å²) in [4.78, 5) is 15.9. The van der Waals surface area contributed by atoms with E-state index < -0.39 is 0 Å². The maximum Gasteiger partial charge on any atom is 0.243 e. The minimum absolute atomic E-state index is 0.00172. The quantitative estimate of drug-likeness (QED) is 0.852. The van der Waals surface area contributed by atoms with E-state index in [0.29, 0.717) is 16.6 Å². The molecule has 1 saturated heterocycles. The van der Waals surface area contributed by atoms with Gasteiger partial charge in [-0.05, 0) is 25.0 Å². The van der Waals surface area contributed by atoms with Crippen molar-refractivity contribution in [1.82, 2.24) is 19.9 Å². The molecule has 2 aromatic heterocycles. The molecule has 18 heavy (non-hydrogen) atoms. The summed E-state index contributed by atoms with van der Waals surface area (Å²) >= 11 is 5.87. The number of halogens is 1. The molecule has 0 radical (unpaired) electrons. The SMILES string of the molecule is O=C1NCCCC1Nc1nc2ccc(Cl)cn2n1. The Morgan fingerprint density at radius 1 is 1.50 bits per heavy atom. The number of aromatic nitrogens is 3.